The van der Waals surface area contributed by atoms with Crippen LogP contribution in [0.3, 0.4) is 0 Å². The summed E-state index contributed by atoms with van der Waals surface area (Å²) < 4.78 is 66.0. The summed E-state index contributed by atoms with van der Waals surface area (Å²) >= 11 is 0. The Hall–Kier alpha value is -3.70. The fourth-order valence-corrected chi connectivity index (χ4v) is 41.6. The Balaban J connectivity index is -0.000000202. The van der Waals surface area contributed by atoms with Crippen molar-refractivity contribution in [2.24, 2.45) is 43.3 Å². The summed E-state index contributed by atoms with van der Waals surface area (Å²) in [6, 6.07) is 4.21. The predicted octanol–water partition coefficient (Wildman–Crippen LogP) is 26.3. The number of rotatable bonds is 48. The third-order valence-electron chi connectivity index (χ3n) is 19.8. The van der Waals surface area contributed by atoms with E-state index >= 15 is 0 Å². The van der Waals surface area contributed by atoms with Crippen LogP contribution in [0.25, 0.3) is 0 Å². The van der Waals surface area contributed by atoms with Crippen molar-refractivity contribution in [2.45, 2.75) is 398 Å². The average molecular weight is 1840 g/mol. The van der Waals surface area contributed by atoms with Gasteiger partial charge in [-0.25, -0.2) is 0 Å². The summed E-state index contributed by atoms with van der Waals surface area (Å²) in [6.07, 6.45) is 16.4. The van der Waals surface area contributed by atoms with Gasteiger partial charge in [0.05, 0.1) is 69.7 Å². The number of hydrogen-bond donors (Lipinski definition) is 0. The van der Waals surface area contributed by atoms with Gasteiger partial charge in [-0.3, -0.25) is 38.4 Å². The first kappa shape index (κ1) is 132. The molecule has 20 nitrogen and oxygen atoms in total. The van der Waals surface area contributed by atoms with Crippen LogP contribution in [-0.2, 0) is 92.7 Å². The highest BCUT2D eigenvalue weighted by molar-refractivity contribution is 6.86. The van der Waals surface area contributed by atoms with Gasteiger partial charge in [0.1, 0.15) is 26.4 Å². The molecule has 0 aromatic rings. The Morgan fingerprint density at radius 1 is 0.217 bits per heavy atom. The lowest BCUT2D eigenvalue weighted by Gasteiger charge is -2.31. The zero-order valence-electron chi connectivity index (χ0n) is 86.3. The summed E-state index contributed by atoms with van der Waals surface area (Å²) in [6.45, 7) is 108. The SMILES string of the molecule is C=CCOC(=O)C(C)(C)CC.C=CCOC(=O)C(C)(C)CC.C=CCOC(=O)C(C)(C)CC.C=CCOC(=O)C(C)(C)CC.CCC(C)(C)C(=O)OCCC[Si](C)(C)O[Si](C)(C)C.CCC(C)(C)C(=O)OCCC[Si](C)(C)O[Si](C)(C)C.CCC(C)(C)C(=O)OCCC[Si](C)(C)O[Si](C)(C)C.CCC(C)(C)C(=O)OCCC[Si](C)(C)O[Si](C)(C)C. The highest BCUT2D eigenvalue weighted by atomic mass is 28.4. The van der Waals surface area contributed by atoms with E-state index in [0.717, 1.165) is 101 Å². The molecular formula is C92H192O20Si8. The van der Waals surface area contributed by atoms with E-state index in [1.807, 2.05) is 166 Å². The van der Waals surface area contributed by atoms with Crippen molar-refractivity contribution in [3.05, 3.63) is 50.6 Å². The van der Waals surface area contributed by atoms with Crippen molar-refractivity contribution in [1.29, 1.82) is 0 Å². The highest BCUT2D eigenvalue weighted by Crippen LogP contribution is 2.30. The largest absolute Gasteiger partial charge is 0.465 e. The molecule has 28 heteroatoms. The Kier molecular flexibility index (Phi) is 67.7. The third-order valence-corrected chi connectivity index (χ3v) is 44.6. The van der Waals surface area contributed by atoms with Crippen LogP contribution in [0.15, 0.2) is 50.6 Å². The number of ether oxygens (including phenoxy) is 8. The number of carbonyl (C=O) groups excluding carboxylic acids is 8. The summed E-state index contributed by atoms with van der Waals surface area (Å²) in [7, 11) is -12.2. The summed E-state index contributed by atoms with van der Waals surface area (Å²) in [5.74, 6) is -0.943. The maximum absolute atomic E-state index is 11.8. The fraction of sp³-hybridized carbons (Fsp3) is 0.826. The van der Waals surface area contributed by atoms with Gasteiger partial charge in [-0.05, 0) is 343 Å². The van der Waals surface area contributed by atoms with E-state index in [1.54, 1.807) is 24.3 Å². The van der Waals surface area contributed by atoms with Gasteiger partial charge in [0, 0.05) is 0 Å². The third kappa shape index (κ3) is 74.5. The summed E-state index contributed by atoms with van der Waals surface area (Å²) in [5, 5.41) is 0. The molecule has 0 saturated carbocycles. The molecule has 712 valence electrons. The molecule has 0 rings (SSSR count). The topological polar surface area (TPSA) is 247 Å². The second-order valence-corrected chi connectivity index (χ2v) is 78.5. The maximum atomic E-state index is 11.8. The van der Waals surface area contributed by atoms with E-state index in [9.17, 15) is 38.4 Å². The van der Waals surface area contributed by atoms with Crippen LogP contribution >= 0.6 is 0 Å². The first-order chi connectivity index (χ1) is 53.8. The van der Waals surface area contributed by atoms with Crippen molar-refractivity contribution in [3.63, 3.8) is 0 Å². The zero-order chi connectivity index (χ0) is 96.9. The molecule has 0 aromatic heterocycles. The van der Waals surface area contributed by atoms with Gasteiger partial charge in [-0.1, -0.05) is 106 Å². The van der Waals surface area contributed by atoms with Crippen molar-refractivity contribution < 1.29 is 92.7 Å². The fourth-order valence-electron chi connectivity index (χ4n) is 9.43. The minimum absolute atomic E-state index is 0.0828. The molecular weight excluding hydrogens is 1650 g/mol. The second kappa shape index (κ2) is 61.7. The Morgan fingerprint density at radius 3 is 0.417 bits per heavy atom. The lowest BCUT2D eigenvalue weighted by atomic mass is 9.91. The summed E-state index contributed by atoms with van der Waals surface area (Å²) in [5.41, 5.74) is -2.87. The van der Waals surface area contributed by atoms with Crippen LogP contribution in [0, 0.1) is 43.3 Å². The zero-order valence-corrected chi connectivity index (χ0v) is 94.3. The van der Waals surface area contributed by atoms with Gasteiger partial charge in [-0.2, -0.15) is 0 Å². The molecule has 0 radical (unpaired) electrons. The van der Waals surface area contributed by atoms with Gasteiger partial charge in [0.15, 0.2) is 66.5 Å². The van der Waals surface area contributed by atoms with E-state index < -0.39 is 66.5 Å². The molecule has 0 unspecified atom stereocenters. The standard InChI is InChI=1S/4C14H32O3Si2.4C9H16O2/c4*1-9-14(2,3)13(15)16-11-10-12-19(7,8)17-18(4,5)6;4*1-5-7-11-8(10)9(3,4)6-2/h4*9-12H2,1-8H3;4*5H,1,6-7H2,2-4H3. The highest BCUT2D eigenvalue weighted by Gasteiger charge is 2.37. The first-order valence-corrected chi connectivity index (χ1v) is 70.5. The molecule has 0 fully saturated rings. The Bertz CT molecular complexity index is 2520. The van der Waals surface area contributed by atoms with E-state index in [4.69, 9.17) is 54.4 Å². The van der Waals surface area contributed by atoms with Crippen LogP contribution in [0.1, 0.15) is 243 Å². The van der Waals surface area contributed by atoms with E-state index in [1.165, 1.54) is 0 Å². The van der Waals surface area contributed by atoms with Crippen molar-refractivity contribution >= 4 is 114 Å². The molecule has 0 bridgehead atoms. The van der Waals surface area contributed by atoms with Crippen LogP contribution in [0.5, 0.6) is 0 Å². The van der Waals surface area contributed by atoms with Crippen molar-refractivity contribution in [3.8, 4) is 0 Å². The lowest BCUT2D eigenvalue weighted by molar-refractivity contribution is -0.154. The van der Waals surface area contributed by atoms with E-state index in [0.29, 0.717) is 52.9 Å². The maximum Gasteiger partial charge on any atom is 0.311 e. The monoisotopic (exact) mass is 1840 g/mol. The molecule has 0 spiro atoms. The normalized spacial score (nSPS) is 12.5. The Morgan fingerprint density at radius 2 is 0.325 bits per heavy atom. The number of hydrogen-bond acceptors (Lipinski definition) is 20. The van der Waals surface area contributed by atoms with Gasteiger partial charge < -0.3 is 54.4 Å². The number of carbonyl (C=O) groups is 8. The number of esters is 8. The predicted molar refractivity (Wildman–Crippen MR) is 526 cm³/mol. The second-order valence-electron chi connectivity index (χ2n) is 42.3. The molecule has 0 N–H and O–H groups in total. The van der Waals surface area contributed by atoms with E-state index in [-0.39, 0.29) is 91.1 Å². The minimum atomic E-state index is -1.59. The van der Waals surface area contributed by atoms with Crippen LogP contribution in [-0.4, -0.2) is 167 Å². The van der Waals surface area contributed by atoms with E-state index in [2.05, 4.69) is 157 Å². The van der Waals surface area contributed by atoms with Crippen LogP contribution in [0.4, 0.5) is 0 Å². The van der Waals surface area contributed by atoms with Crippen LogP contribution in [0.2, 0.25) is 155 Å². The smallest absolute Gasteiger partial charge is 0.311 e. The molecule has 0 aliphatic heterocycles. The average Bonchev–Trinajstić information content (AvgIpc) is 0.863. The molecule has 120 heavy (non-hydrogen) atoms. The molecule has 0 atom stereocenters. The summed E-state index contributed by atoms with van der Waals surface area (Å²) in [4.78, 5) is 92.0. The van der Waals surface area contributed by atoms with Crippen molar-refractivity contribution in [1.82, 2.24) is 0 Å². The molecule has 0 aliphatic carbocycles. The Labute approximate surface area is 747 Å². The van der Waals surface area contributed by atoms with Gasteiger partial charge in [-0.15, -0.1) is 0 Å². The van der Waals surface area contributed by atoms with Gasteiger partial charge in [0.2, 0.25) is 0 Å². The first-order valence-electron chi connectivity index (χ1n) is 44.4. The molecule has 0 saturated heterocycles. The minimum Gasteiger partial charge on any atom is -0.465 e. The van der Waals surface area contributed by atoms with Crippen LogP contribution < -0.4 is 0 Å². The molecule has 0 heterocycles. The van der Waals surface area contributed by atoms with Crippen molar-refractivity contribution in [2.75, 3.05) is 52.9 Å². The molecule has 0 aromatic carbocycles. The molecule has 0 aliphatic rings. The quantitative estimate of drug-likeness (QED) is 0.0181. The van der Waals surface area contributed by atoms with Gasteiger partial charge >= 0.3 is 47.8 Å². The van der Waals surface area contributed by atoms with Gasteiger partial charge in [0.25, 0.3) is 0 Å². The lowest BCUT2D eigenvalue weighted by Crippen LogP contribution is -2.42. The molecule has 0 amide bonds.